The van der Waals surface area contributed by atoms with E-state index in [-0.39, 0.29) is 23.8 Å². The minimum Gasteiger partial charge on any atom is -0.336 e. The predicted molar refractivity (Wildman–Crippen MR) is 89.0 cm³/mol. The minimum atomic E-state index is -0.331. The first-order valence-electron chi connectivity index (χ1n) is 7.94. The number of likely N-dealkylation sites (tertiary alicyclic amines) is 1. The number of anilines is 1. The van der Waals surface area contributed by atoms with Gasteiger partial charge in [0, 0.05) is 32.9 Å². The number of piperidine rings is 1. The van der Waals surface area contributed by atoms with Gasteiger partial charge >= 0.3 is 0 Å². The monoisotopic (exact) mass is 327 g/mol. The summed E-state index contributed by atoms with van der Waals surface area (Å²) in [6, 6.07) is 3.39. The van der Waals surface area contributed by atoms with Crippen LogP contribution >= 0.6 is 0 Å². The molecule has 126 valence electrons. The van der Waals surface area contributed by atoms with Crippen LogP contribution in [0.2, 0.25) is 0 Å². The smallest absolute Gasteiger partial charge is 0.230 e. The van der Waals surface area contributed by atoms with Gasteiger partial charge in [-0.2, -0.15) is 5.10 Å². The van der Waals surface area contributed by atoms with Crippen molar-refractivity contribution in [3.8, 4) is 0 Å². The molecule has 0 saturated carbocycles. The Labute approximate surface area is 140 Å². The first-order chi connectivity index (χ1) is 11.5. The molecule has 2 atom stereocenters. The van der Waals surface area contributed by atoms with Crippen LogP contribution in [0.15, 0.2) is 30.7 Å². The third-order valence-electron chi connectivity index (χ3n) is 4.66. The number of hydrogen-bond donors (Lipinski definition) is 1. The molecule has 0 unspecified atom stereocenters. The number of nitrogens with one attached hydrogen (secondary N) is 1. The predicted octanol–water partition coefficient (Wildman–Crippen LogP) is 1.67. The standard InChI is InChI=1S/C17H21N5O2/c1-11-6-8-18-10-13(11)20-17(24)12-4-5-15(23)21(2)16(12)14-7-9-19-22(14)3/h6-10,12,16H,4-5H2,1-3H3,(H,20,24)/t12-,16-/m1/s1. The molecule has 0 aliphatic carbocycles. The first kappa shape index (κ1) is 16.2. The average molecular weight is 327 g/mol. The largest absolute Gasteiger partial charge is 0.336 e. The topological polar surface area (TPSA) is 80.1 Å². The molecular weight excluding hydrogens is 306 g/mol. The van der Waals surface area contributed by atoms with E-state index in [9.17, 15) is 9.59 Å². The molecule has 24 heavy (non-hydrogen) atoms. The number of nitrogens with zero attached hydrogens (tertiary/aromatic N) is 4. The number of carbonyl (C=O) groups is 2. The van der Waals surface area contributed by atoms with Gasteiger partial charge < -0.3 is 10.2 Å². The highest BCUT2D eigenvalue weighted by molar-refractivity contribution is 5.95. The quantitative estimate of drug-likeness (QED) is 0.930. The highest BCUT2D eigenvalue weighted by atomic mass is 16.2. The number of rotatable bonds is 3. The molecular formula is C17H21N5O2. The van der Waals surface area contributed by atoms with Gasteiger partial charge in [0.1, 0.15) is 0 Å². The summed E-state index contributed by atoms with van der Waals surface area (Å²) in [5.41, 5.74) is 2.51. The molecule has 1 saturated heterocycles. The second-order valence-electron chi connectivity index (χ2n) is 6.15. The molecule has 2 aromatic heterocycles. The van der Waals surface area contributed by atoms with E-state index in [0.29, 0.717) is 18.5 Å². The molecule has 0 radical (unpaired) electrons. The minimum absolute atomic E-state index is 0.0443. The van der Waals surface area contributed by atoms with Crippen LogP contribution in [0.4, 0.5) is 5.69 Å². The summed E-state index contributed by atoms with van der Waals surface area (Å²) in [5, 5.41) is 7.14. The zero-order valence-corrected chi connectivity index (χ0v) is 14.1. The lowest BCUT2D eigenvalue weighted by atomic mass is 9.86. The van der Waals surface area contributed by atoms with Crippen LogP contribution in [-0.2, 0) is 16.6 Å². The van der Waals surface area contributed by atoms with Crippen molar-refractivity contribution in [1.29, 1.82) is 0 Å². The van der Waals surface area contributed by atoms with Crippen molar-refractivity contribution in [3.63, 3.8) is 0 Å². The maximum Gasteiger partial charge on any atom is 0.230 e. The molecule has 0 aromatic carbocycles. The van der Waals surface area contributed by atoms with E-state index in [0.717, 1.165) is 11.3 Å². The molecule has 2 aromatic rings. The summed E-state index contributed by atoms with van der Waals surface area (Å²) in [6.45, 7) is 1.92. The Kier molecular flexibility index (Phi) is 4.33. The molecule has 1 fully saturated rings. The molecule has 1 aliphatic heterocycles. The summed E-state index contributed by atoms with van der Waals surface area (Å²) in [6.07, 6.45) is 5.90. The van der Waals surface area contributed by atoms with Crippen molar-refractivity contribution < 1.29 is 9.59 Å². The van der Waals surface area contributed by atoms with E-state index < -0.39 is 0 Å². The third kappa shape index (κ3) is 2.89. The summed E-state index contributed by atoms with van der Waals surface area (Å²) in [4.78, 5) is 30.7. The Morgan fingerprint density at radius 1 is 1.29 bits per heavy atom. The molecule has 2 amide bonds. The summed E-state index contributed by atoms with van der Waals surface area (Å²) in [5.74, 6) is -0.387. The lowest BCUT2D eigenvalue weighted by Gasteiger charge is -2.38. The van der Waals surface area contributed by atoms with Gasteiger partial charge in [-0.1, -0.05) is 0 Å². The summed E-state index contributed by atoms with van der Waals surface area (Å²) < 4.78 is 1.72. The van der Waals surface area contributed by atoms with Crippen LogP contribution in [-0.4, -0.2) is 38.5 Å². The van der Waals surface area contributed by atoms with Gasteiger partial charge in [-0.25, -0.2) is 0 Å². The fraction of sp³-hybridized carbons (Fsp3) is 0.412. The zero-order valence-electron chi connectivity index (χ0n) is 14.1. The van der Waals surface area contributed by atoms with Gasteiger partial charge in [-0.3, -0.25) is 19.3 Å². The number of aromatic nitrogens is 3. The number of hydrogen-bond acceptors (Lipinski definition) is 4. The lowest BCUT2D eigenvalue weighted by Crippen LogP contribution is -2.45. The summed E-state index contributed by atoms with van der Waals surface area (Å²) >= 11 is 0. The molecule has 1 aliphatic rings. The van der Waals surface area contributed by atoms with Crippen LogP contribution in [0, 0.1) is 12.8 Å². The molecule has 3 heterocycles. The van der Waals surface area contributed by atoms with E-state index in [1.54, 1.807) is 35.2 Å². The Morgan fingerprint density at radius 2 is 2.08 bits per heavy atom. The van der Waals surface area contributed by atoms with Gasteiger partial charge in [0.2, 0.25) is 11.8 Å². The lowest BCUT2D eigenvalue weighted by molar-refractivity contribution is -0.140. The van der Waals surface area contributed by atoms with E-state index >= 15 is 0 Å². The number of carbonyl (C=O) groups excluding carboxylic acids is 2. The van der Waals surface area contributed by atoms with Crippen molar-refractivity contribution in [1.82, 2.24) is 19.7 Å². The van der Waals surface area contributed by atoms with E-state index in [2.05, 4.69) is 15.4 Å². The van der Waals surface area contributed by atoms with Crippen LogP contribution in [0.1, 0.15) is 30.1 Å². The fourth-order valence-electron chi connectivity index (χ4n) is 3.21. The SMILES string of the molecule is Cc1ccncc1NC(=O)[C@@H]1CCC(=O)N(C)[C@H]1c1ccnn1C. The first-order valence-corrected chi connectivity index (χ1v) is 7.94. The van der Waals surface area contributed by atoms with Crippen LogP contribution in [0.25, 0.3) is 0 Å². The van der Waals surface area contributed by atoms with Crippen molar-refractivity contribution in [2.45, 2.75) is 25.8 Å². The van der Waals surface area contributed by atoms with Crippen LogP contribution in [0.5, 0.6) is 0 Å². The summed E-state index contributed by atoms with van der Waals surface area (Å²) in [7, 11) is 3.57. The van der Waals surface area contributed by atoms with Gasteiger partial charge in [0.15, 0.2) is 0 Å². The number of pyridine rings is 1. The Balaban J connectivity index is 1.89. The van der Waals surface area contributed by atoms with Crippen LogP contribution < -0.4 is 5.32 Å². The van der Waals surface area contributed by atoms with E-state index in [1.807, 2.05) is 26.1 Å². The molecule has 1 N–H and O–H groups in total. The van der Waals surface area contributed by atoms with Crippen molar-refractivity contribution in [2.75, 3.05) is 12.4 Å². The zero-order chi connectivity index (χ0) is 17.3. The van der Waals surface area contributed by atoms with Gasteiger partial charge in [-0.05, 0) is 31.0 Å². The number of amides is 2. The maximum absolute atomic E-state index is 12.9. The second kappa shape index (κ2) is 6.43. The van der Waals surface area contributed by atoms with E-state index in [1.165, 1.54) is 0 Å². The fourth-order valence-corrected chi connectivity index (χ4v) is 3.21. The normalized spacial score (nSPS) is 21.0. The maximum atomic E-state index is 12.9. The molecule has 0 spiro atoms. The van der Waals surface area contributed by atoms with Gasteiger partial charge in [-0.15, -0.1) is 0 Å². The molecule has 0 bridgehead atoms. The second-order valence-corrected chi connectivity index (χ2v) is 6.15. The van der Waals surface area contributed by atoms with Crippen molar-refractivity contribution >= 4 is 17.5 Å². The molecule has 7 heteroatoms. The highest BCUT2D eigenvalue weighted by Gasteiger charge is 2.40. The van der Waals surface area contributed by atoms with Crippen LogP contribution in [0.3, 0.4) is 0 Å². The van der Waals surface area contributed by atoms with Gasteiger partial charge in [0.25, 0.3) is 0 Å². The number of aryl methyl sites for hydroxylation is 2. The average Bonchev–Trinajstić information content (AvgIpc) is 2.97. The molecule has 7 nitrogen and oxygen atoms in total. The van der Waals surface area contributed by atoms with Crippen molar-refractivity contribution in [3.05, 3.63) is 42.0 Å². The van der Waals surface area contributed by atoms with Gasteiger partial charge in [0.05, 0.1) is 29.5 Å². The Hall–Kier alpha value is -2.70. The highest BCUT2D eigenvalue weighted by Crippen LogP contribution is 2.36. The molecule has 3 rings (SSSR count). The third-order valence-corrected chi connectivity index (χ3v) is 4.66. The Bertz CT molecular complexity index is 770. The Morgan fingerprint density at radius 3 is 2.75 bits per heavy atom. The van der Waals surface area contributed by atoms with Crippen molar-refractivity contribution in [2.24, 2.45) is 13.0 Å². The van der Waals surface area contributed by atoms with E-state index in [4.69, 9.17) is 0 Å².